The van der Waals surface area contributed by atoms with Gasteiger partial charge in [-0.2, -0.15) is 0 Å². The molecule has 6 nitrogen and oxygen atoms in total. The Morgan fingerprint density at radius 1 is 1.50 bits per heavy atom. The molecular weight excluding hydrogens is 302 g/mol. The third-order valence-electron chi connectivity index (χ3n) is 3.00. The molecule has 0 bridgehead atoms. The van der Waals surface area contributed by atoms with Crippen LogP contribution in [0.3, 0.4) is 0 Å². The van der Waals surface area contributed by atoms with Crippen LogP contribution in [-0.4, -0.2) is 49.2 Å². The summed E-state index contributed by atoms with van der Waals surface area (Å²) in [5.74, 6) is -1.01. The summed E-state index contributed by atoms with van der Waals surface area (Å²) in [6.07, 6.45) is 1.63. The molecule has 0 spiro atoms. The van der Waals surface area contributed by atoms with Crippen molar-refractivity contribution in [1.29, 1.82) is 0 Å². The van der Waals surface area contributed by atoms with Gasteiger partial charge in [-0.25, -0.2) is 4.79 Å². The van der Waals surface area contributed by atoms with Crippen LogP contribution in [-0.2, 0) is 4.79 Å². The molecule has 20 heavy (non-hydrogen) atoms. The monoisotopic (exact) mass is 315 g/mol. The lowest BCUT2D eigenvalue weighted by Gasteiger charge is -2.26. The highest BCUT2D eigenvalue weighted by atomic mass is 35.5. The second kappa shape index (κ2) is 6.41. The van der Waals surface area contributed by atoms with E-state index in [2.05, 4.69) is 10.2 Å². The molecule has 108 valence electrons. The summed E-state index contributed by atoms with van der Waals surface area (Å²) >= 11 is 7.12. The molecule has 1 aliphatic heterocycles. The van der Waals surface area contributed by atoms with Crippen molar-refractivity contribution in [3.05, 3.63) is 23.0 Å². The van der Waals surface area contributed by atoms with Crippen molar-refractivity contribution < 1.29 is 14.7 Å². The highest BCUT2D eigenvalue weighted by molar-refractivity contribution is 8.00. The highest BCUT2D eigenvalue weighted by Crippen LogP contribution is 2.33. The SMILES string of the molecule is CCCC1SCC(C(=O)O)N1C(=O)c1ccc(Cl)nn1. The molecule has 2 rings (SSSR count). The molecule has 1 fully saturated rings. The summed E-state index contributed by atoms with van der Waals surface area (Å²) in [6.45, 7) is 2.00. The van der Waals surface area contributed by atoms with Crippen LogP contribution in [0.4, 0.5) is 0 Å². The lowest BCUT2D eigenvalue weighted by molar-refractivity contribution is -0.141. The number of hydrogen-bond donors (Lipinski definition) is 1. The van der Waals surface area contributed by atoms with Crippen LogP contribution in [0, 0.1) is 0 Å². The van der Waals surface area contributed by atoms with Crippen molar-refractivity contribution in [2.75, 3.05) is 5.75 Å². The minimum absolute atomic E-state index is 0.115. The summed E-state index contributed by atoms with van der Waals surface area (Å²) < 4.78 is 0. The first kappa shape index (κ1) is 15.1. The van der Waals surface area contributed by atoms with E-state index in [1.54, 1.807) is 0 Å². The quantitative estimate of drug-likeness (QED) is 0.913. The van der Waals surface area contributed by atoms with Gasteiger partial charge in [-0.1, -0.05) is 24.9 Å². The van der Waals surface area contributed by atoms with Crippen LogP contribution in [0.1, 0.15) is 30.3 Å². The van der Waals surface area contributed by atoms with Gasteiger partial charge in [0.15, 0.2) is 10.8 Å². The van der Waals surface area contributed by atoms with Gasteiger partial charge in [-0.15, -0.1) is 22.0 Å². The van der Waals surface area contributed by atoms with Gasteiger partial charge in [0, 0.05) is 5.75 Å². The zero-order valence-corrected chi connectivity index (χ0v) is 12.4. The van der Waals surface area contributed by atoms with Crippen LogP contribution in [0.2, 0.25) is 5.15 Å². The molecule has 1 N–H and O–H groups in total. The number of nitrogens with zero attached hydrogens (tertiary/aromatic N) is 3. The normalized spacial score (nSPS) is 22.0. The largest absolute Gasteiger partial charge is 0.480 e. The minimum atomic E-state index is -0.994. The van der Waals surface area contributed by atoms with Crippen molar-refractivity contribution in [2.45, 2.75) is 31.2 Å². The van der Waals surface area contributed by atoms with Crippen molar-refractivity contribution in [3.63, 3.8) is 0 Å². The first-order chi connectivity index (χ1) is 9.54. The van der Waals surface area contributed by atoms with E-state index in [1.807, 2.05) is 6.92 Å². The summed E-state index contributed by atoms with van der Waals surface area (Å²) in [5.41, 5.74) is 0.115. The molecule has 1 aromatic rings. The number of aromatic nitrogens is 2. The number of carbonyl (C=O) groups excluding carboxylic acids is 1. The summed E-state index contributed by atoms with van der Waals surface area (Å²) in [6, 6.07) is 2.11. The molecule has 1 aliphatic rings. The summed E-state index contributed by atoms with van der Waals surface area (Å²) in [5, 5.41) is 16.7. The fraction of sp³-hybridized carbons (Fsp3) is 0.500. The Morgan fingerprint density at radius 3 is 2.80 bits per heavy atom. The number of carboxylic acids is 1. The Hall–Kier alpha value is -1.34. The zero-order chi connectivity index (χ0) is 14.7. The maximum absolute atomic E-state index is 12.5. The van der Waals surface area contributed by atoms with Gasteiger partial charge >= 0.3 is 5.97 Å². The number of carbonyl (C=O) groups is 2. The molecule has 1 amide bonds. The van der Waals surface area contributed by atoms with E-state index in [9.17, 15) is 14.7 Å². The van der Waals surface area contributed by atoms with Gasteiger partial charge in [0.1, 0.15) is 6.04 Å². The van der Waals surface area contributed by atoms with Crippen molar-refractivity contribution in [1.82, 2.24) is 15.1 Å². The van der Waals surface area contributed by atoms with Crippen LogP contribution < -0.4 is 0 Å². The van der Waals surface area contributed by atoms with Gasteiger partial charge in [0.25, 0.3) is 5.91 Å². The molecule has 0 radical (unpaired) electrons. The van der Waals surface area contributed by atoms with Gasteiger partial charge in [0.2, 0.25) is 0 Å². The number of hydrogen-bond acceptors (Lipinski definition) is 5. The Labute approximate surface area is 125 Å². The van der Waals surface area contributed by atoms with Crippen LogP contribution in [0.15, 0.2) is 12.1 Å². The summed E-state index contributed by atoms with van der Waals surface area (Å²) in [7, 11) is 0. The third kappa shape index (κ3) is 3.04. The third-order valence-corrected chi connectivity index (χ3v) is 4.56. The average molecular weight is 316 g/mol. The fourth-order valence-corrected chi connectivity index (χ4v) is 3.67. The second-order valence-electron chi connectivity index (χ2n) is 4.38. The maximum Gasteiger partial charge on any atom is 0.327 e. The minimum Gasteiger partial charge on any atom is -0.480 e. The number of carboxylic acid groups (broad SMARTS) is 1. The molecule has 1 saturated heterocycles. The number of aliphatic carboxylic acids is 1. The standard InChI is InChI=1S/C12H14ClN3O3S/c1-2-3-10-16(8(6-20-10)12(18)19)11(17)7-4-5-9(13)15-14-7/h4-5,8,10H,2-3,6H2,1H3,(H,18,19). The van der Waals surface area contributed by atoms with Gasteiger partial charge < -0.3 is 10.0 Å². The van der Waals surface area contributed by atoms with Gasteiger partial charge in [-0.05, 0) is 18.6 Å². The molecule has 2 unspecified atom stereocenters. The lowest BCUT2D eigenvalue weighted by Crippen LogP contribution is -2.45. The second-order valence-corrected chi connectivity index (χ2v) is 5.98. The maximum atomic E-state index is 12.5. The van der Waals surface area contributed by atoms with E-state index < -0.39 is 17.9 Å². The molecule has 0 aromatic carbocycles. The number of halogens is 1. The smallest absolute Gasteiger partial charge is 0.327 e. The number of amides is 1. The van der Waals surface area contributed by atoms with Crippen LogP contribution in [0.25, 0.3) is 0 Å². The Morgan fingerprint density at radius 2 is 2.25 bits per heavy atom. The molecular formula is C12H14ClN3O3S. The molecule has 1 aromatic heterocycles. The van der Waals surface area contributed by atoms with E-state index in [1.165, 1.54) is 28.8 Å². The average Bonchev–Trinajstić information content (AvgIpc) is 2.83. The van der Waals surface area contributed by atoms with E-state index in [0.29, 0.717) is 5.75 Å². The molecule has 2 heterocycles. The predicted octanol–water partition coefficient (Wildman–Crippen LogP) is 1.90. The summed E-state index contributed by atoms with van der Waals surface area (Å²) in [4.78, 5) is 25.1. The first-order valence-electron chi connectivity index (χ1n) is 6.21. The lowest BCUT2D eigenvalue weighted by atomic mass is 10.2. The van der Waals surface area contributed by atoms with E-state index in [0.717, 1.165) is 12.8 Å². The Bertz CT molecular complexity index is 511. The van der Waals surface area contributed by atoms with E-state index in [-0.39, 0.29) is 16.2 Å². The van der Waals surface area contributed by atoms with Crippen molar-refractivity contribution in [2.24, 2.45) is 0 Å². The Kier molecular flexibility index (Phi) is 4.82. The Balaban J connectivity index is 2.26. The van der Waals surface area contributed by atoms with E-state index in [4.69, 9.17) is 11.6 Å². The molecule has 0 saturated carbocycles. The zero-order valence-electron chi connectivity index (χ0n) is 10.8. The molecule has 0 aliphatic carbocycles. The predicted molar refractivity (Wildman–Crippen MR) is 75.8 cm³/mol. The van der Waals surface area contributed by atoms with Crippen LogP contribution in [0.5, 0.6) is 0 Å². The molecule has 8 heteroatoms. The van der Waals surface area contributed by atoms with Gasteiger partial charge in [-0.3, -0.25) is 4.79 Å². The number of thioether (sulfide) groups is 1. The van der Waals surface area contributed by atoms with Crippen LogP contribution >= 0.6 is 23.4 Å². The number of rotatable bonds is 4. The topological polar surface area (TPSA) is 83.4 Å². The highest BCUT2D eigenvalue weighted by Gasteiger charge is 2.41. The van der Waals surface area contributed by atoms with E-state index >= 15 is 0 Å². The van der Waals surface area contributed by atoms with Crippen molar-refractivity contribution >= 4 is 35.2 Å². The fourth-order valence-electron chi connectivity index (χ4n) is 2.06. The van der Waals surface area contributed by atoms with Crippen molar-refractivity contribution in [3.8, 4) is 0 Å². The van der Waals surface area contributed by atoms with Gasteiger partial charge in [0.05, 0.1) is 5.37 Å². The molecule has 2 atom stereocenters. The first-order valence-corrected chi connectivity index (χ1v) is 7.63.